The molecule has 0 aliphatic carbocycles. The van der Waals surface area contributed by atoms with Crippen LogP contribution in [0.3, 0.4) is 0 Å². The minimum absolute atomic E-state index is 0. The first-order valence-electron chi connectivity index (χ1n) is 8.94. The molecule has 0 spiro atoms. The first-order chi connectivity index (χ1) is 12.7. The Kier molecular flexibility index (Phi) is 8.02. The minimum Gasteiger partial charge on any atom is -0.352 e. The molecular formula is C20H27IN6. The van der Waals surface area contributed by atoms with Crippen LogP contribution in [0.4, 0.5) is 0 Å². The van der Waals surface area contributed by atoms with Crippen LogP contribution in [0.5, 0.6) is 0 Å². The largest absolute Gasteiger partial charge is 0.352 e. The number of hydrogen-bond acceptors (Lipinski definition) is 3. The van der Waals surface area contributed by atoms with Crippen molar-refractivity contribution in [1.29, 1.82) is 0 Å². The van der Waals surface area contributed by atoms with Crippen LogP contribution in [-0.4, -0.2) is 27.5 Å². The van der Waals surface area contributed by atoms with Crippen molar-refractivity contribution in [2.75, 3.05) is 7.05 Å². The van der Waals surface area contributed by atoms with E-state index in [1.165, 1.54) is 5.56 Å². The summed E-state index contributed by atoms with van der Waals surface area (Å²) in [5.41, 5.74) is 2.20. The summed E-state index contributed by atoms with van der Waals surface area (Å²) in [5.74, 6) is 2.35. The number of para-hydroxylation sites is 1. The molecule has 0 saturated heterocycles. The van der Waals surface area contributed by atoms with Crippen LogP contribution in [0.1, 0.15) is 25.2 Å². The van der Waals surface area contributed by atoms with E-state index in [-0.39, 0.29) is 24.0 Å². The molecule has 0 atom stereocenters. The number of hydrogen-bond donors (Lipinski definition) is 2. The highest BCUT2D eigenvalue weighted by Crippen LogP contribution is 2.15. The second-order valence-electron chi connectivity index (χ2n) is 6.66. The zero-order valence-electron chi connectivity index (χ0n) is 16.0. The SMILES string of the molecule is CN=C(NCc1ccnc2ccccc12)NCc1nccn1CC(C)C.I. The van der Waals surface area contributed by atoms with Gasteiger partial charge in [-0.25, -0.2) is 4.98 Å². The molecule has 0 amide bonds. The van der Waals surface area contributed by atoms with Crippen LogP contribution in [0, 0.1) is 5.92 Å². The van der Waals surface area contributed by atoms with Gasteiger partial charge in [0.05, 0.1) is 12.1 Å². The van der Waals surface area contributed by atoms with Gasteiger partial charge in [0, 0.05) is 44.1 Å². The maximum atomic E-state index is 4.44. The van der Waals surface area contributed by atoms with E-state index in [1.54, 1.807) is 7.05 Å². The van der Waals surface area contributed by atoms with E-state index < -0.39 is 0 Å². The highest BCUT2D eigenvalue weighted by Gasteiger charge is 2.07. The molecule has 0 radical (unpaired) electrons. The maximum absolute atomic E-state index is 4.44. The van der Waals surface area contributed by atoms with E-state index in [2.05, 4.69) is 50.1 Å². The number of nitrogens with one attached hydrogen (secondary N) is 2. The molecule has 7 heteroatoms. The monoisotopic (exact) mass is 478 g/mol. The van der Waals surface area contributed by atoms with Crippen LogP contribution < -0.4 is 10.6 Å². The molecule has 3 aromatic rings. The van der Waals surface area contributed by atoms with Gasteiger partial charge < -0.3 is 15.2 Å². The Morgan fingerprint density at radius 2 is 1.85 bits per heavy atom. The Morgan fingerprint density at radius 3 is 2.63 bits per heavy atom. The summed E-state index contributed by atoms with van der Waals surface area (Å²) < 4.78 is 2.18. The highest BCUT2D eigenvalue weighted by molar-refractivity contribution is 14.0. The number of nitrogens with zero attached hydrogens (tertiary/aromatic N) is 4. The maximum Gasteiger partial charge on any atom is 0.191 e. The van der Waals surface area contributed by atoms with E-state index in [0.29, 0.717) is 19.0 Å². The van der Waals surface area contributed by atoms with Crippen molar-refractivity contribution in [2.24, 2.45) is 10.9 Å². The number of fused-ring (bicyclic) bond motifs is 1. The van der Waals surface area contributed by atoms with Crippen LogP contribution in [0.25, 0.3) is 10.9 Å². The van der Waals surface area contributed by atoms with E-state index in [0.717, 1.165) is 29.2 Å². The lowest BCUT2D eigenvalue weighted by molar-refractivity contribution is 0.503. The molecule has 0 bridgehead atoms. The third-order valence-corrected chi connectivity index (χ3v) is 4.19. The zero-order chi connectivity index (χ0) is 18.4. The van der Waals surface area contributed by atoms with Crippen molar-refractivity contribution in [1.82, 2.24) is 25.2 Å². The normalized spacial score (nSPS) is 11.5. The van der Waals surface area contributed by atoms with E-state index in [1.807, 2.05) is 42.9 Å². The Balaban J connectivity index is 0.00000261. The molecule has 0 saturated carbocycles. The molecule has 3 rings (SSSR count). The van der Waals surface area contributed by atoms with E-state index >= 15 is 0 Å². The van der Waals surface area contributed by atoms with E-state index in [4.69, 9.17) is 0 Å². The van der Waals surface area contributed by atoms with Crippen molar-refractivity contribution < 1.29 is 0 Å². The lowest BCUT2D eigenvalue weighted by atomic mass is 10.1. The van der Waals surface area contributed by atoms with Gasteiger partial charge in [-0.1, -0.05) is 32.0 Å². The molecule has 6 nitrogen and oxygen atoms in total. The fourth-order valence-corrected chi connectivity index (χ4v) is 2.94. The smallest absolute Gasteiger partial charge is 0.191 e. The number of aliphatic imine (C=N–C) groups is 1. The number of imidazole rings is 1. The van der Waals surface area contributed by atoms with Gasteiger partial charge in [0.1, 0.15) is 5.82 Å². The quantitative estimate of drug-likeness (QED) is 0.323. The van der Waals surface area contributed by atoms with Crippen molar-refractivity contribution in [3.8, 4) is 0 Å². The molecule has 144 valence electrons. The lowest BCUT2D eigenvalue weighted by Gasteiger charge is -2.14. The fourth-order valence-electron chi connectivity index (χ4n) is 2.94. The molecule has 0 unspecified atom stereocenters. The molecular weight excluding hydrogens is 451 g/mol. The van der Waals surface area contributed by atoms with Gasteiger partial charge >= 0.3 is 0 Å². The van der Waals surface area contributed by atoms with Crippen molar-refractivity contribution in [3.05, 3.63) is 60.3 Å². The second kappa shape index (κ2) is 10.2. The average Bonchev–Trinajstić information content (AvgIpc) is 3.08. The van der Waals surface area contributed by atoms with Crippen LogP contribution in [0.2, 0.25) is 0 Å². The Hall–Kier alpha value is -2.16. The molecule has 0 aliphatic rings. The first-order valence-corrected chi connectivity index (χ1v) is 8.94. The Labute approximate surface area is 177 Å². The third-order valence-electron chi connectivity index (χ3n) is 4.19. The molecule has 2 heterocycles. The minimum atomic E-state index is 0. The Bertz CT molecular complexity index is 882. The number of pyridine rings is 1. The predicted octanol–water partition coefficient (Wildman–Crippen LogP) is 3.57. The van der Waals surface area contributed by atoms with Crippen molar-refractivity contribution in [3.63, 3.8) is 0 Å². The molecule has 0 aliphatic heterocycles. The summed E-state index contributed by atoms with van der Waals surface area (Å²) in [6, 6.07) is 10.2. The summed E-state index contributed by atoms with van der Waals surface area (Å²) in [6.45, 7) is 6.69. The zero-order valence-corrected chi connectivity index (χ0v) is 18.3. The summed E-state index contributed by atoms with van der Waals surface area (Å²) in [5, 5.41) is 7.88. The van der Waals surface area contributed by atoms with Gasteiger partial charge in [-0.2, -0.15) is 0 Å². The first kappa shape index (κ1) is 21.1. The highest BCUT2D eigenvalue weighted by atomic mass is 127. The number of benzene rings is 1. The van der Waals surface area contributed by atoms with Crippen LogP contribution in [-0.2, 0) is 19.6 Å². The van der Waals surface area contributed by atoms with Crippen molar-refractivity contribution in [2.45, 2.75) is 33.5 Å². The van der Waals surface area contributed by atoms with Gasteiger partial charge in [0.25, 0.3) is 0 Å². The van der Waals surface area contributed by atoms with Gasteiger partial charge in [0.2, 0.25) is 0 Å². The number of guanidine groups is 1. The summed E-state index contributed by atoms with van der Waals surface area (Å²) >= 11 is 0. The van der Waals surface area contributed by atoms with Crippen molar-refractivity contribution >= 4 is 40.8 Å². The van der Waals surface area contributed by atoms with Gasteiger partial charge in [-0.05, 0) is 23.6 Å². The summed E-state index contributed by atoms with van der Waals surface area (Å²) in [6.07, 6.45) is 5.72. The number of rotatable bonds is 6. The standard InChI is InChI=1S/C20H26N6.HI/c1-15(2)14-26-11-10-23-19(26)13-25-20(21-3)24-12-16-8-9-22-18-7-5-4-6-17(16)18;/h4-11,15H,12-14H2,1-3H3,(H2,21,24,25);1H. The Morgan fingerprint density at radius 1 is 1.07 bits per heavy atom. The number of aromatic nitrogens is 3. The van der Waals surface area contributed by atoms with Gasteiger partial charge in [0.15, 0.2) is 5.96 Å². The molecule has 2 aromatic heterocycles. The summed E-state index contributed by atoms with van der Waals surface area (Å²) in [4.78, 5) is 13.2. The van der Waals surface area contributed by atoms with Crippen LogP contribution in [0.15, 0.2) is 53.9 Å². The lowest BCUT2D eigenvalue weighted by Crippen LogP contribution is -2.37. The van der Waals surface area contributed by atoms with Crippen LogP contribution >= 0.6 is 24.0 Å². The predicted molar refractivity (Wildman–Crippen MR) is 121 cm³/mol. The van der Waals surface area contributed by atoms with E-state index in [9.17, 15) is 0 Å². The third kappa shape index (κ3) is 5.66. The van der Waals surface area contributed by atoms with Gasteiger partial charge in [-0.3, -0.25) is 9.98 Å². The molecule has 0 fully saturated rings. The topological polar surface area (TPSA) is 67.1 Å². The average molecular weight is 478 g/mol. The summed E-state index contributed by atoms with van der Waals surface area (Å²) in [7, 11) is 1.78. The molecule has 27 heavy (non-hydrogen) atoms. The number of halogens is 1. The fraction of sp³-hybridized carbons (Fsp3) is 0.350. The molecule has 2 N–H and O–H groups in total. The molecule has 1 aromatic carbocycles. The van der Waals surface area contributed by atoms with Gasteiger partial charge in [-0.15, -0.1) is 24.0 Å². The second-order valence-corrected chi connectivity index (χ2v) is 6.66.